The summed E-state index contributed by atoms with van der Waals surface area (Å²) in [5.74, 6) is 0.954. The summed E-state index contributed by atoms with van der Waals surface area (Å²) in [6, 6.07) is 13.0. The Balaban J connectivity index is 1.41. The van der Waals surface area contributed by atoms with Crippen molar-refractivity contribution in [3.63, 3.8) is 0 Å². The van der Waals surface area contributed by atoms with Gasteiger partial charge in [0.15, 0.2) is 0 Å². The highest BCUT2D eigenvalue weighted by Gasteiger charge is 2.62. The molecule has 4 unspecified atom stereocenters. The van der Waals surface area contributed by atoms with Gasteiger partial charge in [-0.3, -0.25) is 0 Å². The number of piperidine rings is 1. The van der Waals surface area contributed by atoms with Crippen molar-refractivity contribution >= 4 is 0 Å². The van der Waals surface area contributed by atoms with Gasteiger partial charge < -0.3 is 10.6 Å². The minimum Gasteiger partial charge on any atom is -0.314 e. The SMILES string of the molecule is CCC12CC3CC(CN[C@H]4CCN[C@@H](C)C4)(C1)CC(c1ccccc1)(C3)C2. The average Bonchev–Trinajstić information content (AvgIpc) is 2.66. The second kappa shape index (κ2) is 6.59. The predicted octanol–water partition coefficient (Wildman–Crippen LogP) is 5.03. The standard InChI is InChI=1S/C25H38N2/c1-3-23-12-20-13-24(15-23,18-27-22-9-10-26-19(2)11-22)17-25(14-20,16-23)21-7-5-4-6-8-21/h4-8,19-20,22,26-27H,3,9-18H2,1-2H3/t19-,20?,22-,23?,24?,25?/m0/s1. The Hall–Kier alpha value is -0.860. The first-order valence-corrected chi connectivity index (χ1v) is 11.6. The molecular formula is C25H38N2. The molecule has 4 aliphatic carbocycles. The minimum atomic E-state index is 0.458. The lowest BCUT2D eigenvalue weighted by Crippen LogP contribution is -2.61. The molecule has 1 aromatic rings. The number of benzene rings is 1. The zero-order chi connectivity index (χ0) is 18.5. The van der Waals surface area contributed by atoms with E-state index in [1.54, 1.807) is 5.56 Å². The fraction of sp³-hybridized carbons (Fsp3) is 0.760. The van der Waals surface area contributed by atoms with Gasteiger partial charge in [0.1, 0.15) is 0 Å². The Morgan fingerprint density at radius 3 is 2.59 bits per heavy atom. The van der Waals surface area contributed by atoms with Crippen molar-refractivity contribution in [1.29, 1.82) is 0 Å². The molecule has 0 spiro atoms. The first-order chi connectivity index (χ1) is 13.0. The highest BCUT2D eigenvalue weighted by Crippen LogP contribution is 2.70. The van der Waals surface area contributed by atoms with E-state index in [9.17, 15) is 0 Å². The van der Waals surface area contributed by atoms with Crippen LogP contribution in [0.2, 0.25) is 0 Å². The third-order valence-corrected chi connectivity index (χ3v) is 8.83. The van der Waals surface area contributed by atoms with Crippen molar-refractivity contribution in [2.24, 2.45) is 16.7 Å². The van der Waals surface area contributed by atoms with Gasteiger partial charge in [-0.2, -0.15) is 0 Å². The molecule has 4 saturated carbocycles. The van der Waals surface area contributed by atoms with Crippen molar-refractivity contribution in [3.8, 4) is 0 Å². The number of nitrogens with one attached hydrogen (secondary N) is 2. The molecule has 6 rings (SSSR count). The number of hydrogen-bond donors (Lipinski definition) is 2. The predicted molar refractivity (Wildman–Crippen MR) is 113 cm³/mol. The van der Waals surface area contributed by atoms with E-state index in [4.69, 9.17) is 0 Å². The Labute approximate surface area is 165 Å². The highest BCUT2D eigenvalue weighted by atomic mass is 15.0. The summed E-state index contributed by atoms with van der Waals surface area (Å²) in [6.45, 7) is 7.26. The molecule has 5 fully saturated rings. The van der Waals surface area contributed by atoms with Crippen LogP contribution >= 0.6 is 0 Å². The first-order valence-electron chi connectivity index (χ1n) is 11.6. The lowest BCUT2D eigenvalue weighted by molar-refractivity contribution is -0.127. The van der Waals surface area contributed by atoms with Crippen LogP contribution in [0.25, 0.3) is 0 Å². The molecule has 5 aliphatic rings. The van der Waals surface area contributed by atoms with Gasteiger partial charge in [-0.05, 0) is 92.6 Å². The topological polar surface area (TPSA) is 24.1 Å². The van der Waals surface area contributed by atoms with E-state index in [0.29, 0.717) is 22.3 Å². The van der Waals surface area contributed by atoms with E-state index in [2.05, 4.69) is 54.8 Å². The van der Waals surface area contributed by atoms with Crippen molar-refractivity contribution in [3.05, 3.63) is 35.9 Å². The minimum absolute atomic E-state index is 0.458. The van der Waals surface area contributed by atoms with Crippen LogP contribution in [0.4, 0.5) is 0 Å². The van der Waals surface area contributed by atoms with E-state index < -0.39 is 0 Å². The third-order valence-electron chi connectivity index (χ3n) is 8.83. The van der Waals surface area contributed by atoms with Crippen molar-refractivity contribution in [2.75, 3.05) is 13.1 Å². The van der Waals surface area contributed by atoms with Crippen molar-refractivity contribution in [1.82, 2.24) is 10.6 Å². The molecule has 0 aromatic heterocycles. The summed E-state index contributed by atoms with van der Waals surface area (Å²) in [6.07, 6.45) is 12.8. The normalized spacial score (nSPS) is 45.9. The van der Waals surface area contributed by atoms with Gasteiger partial charge in [-0.1, -0.05) is 43.7 Å². The van der Waals surface area contributed by atoms with Gasteiger partial charge in [-0.15, -0.1) is 0 Å². The van der Waals surface area contributed by atoms with Crippen LogP contribution < -0.4 is 10.6 Å². The fourth-order valence-corrected chi connectivity index (χ4v) is 8.23. The van der Waals surface area contributed by atoms with E-state index in [1.807, 2.05) is 0 Å². The van der Waals surface area contributed by atoms with Crippen LogP contribution in [0.3, 0.4) is 0 Å². The molecule has 6 atom stereocenters. The monoisotopic (exact) mass is 366 g/mol. The first kappa shape index (κ1) is 18.2. The molecule has 2 heteroatoms. The quantitative estimate of drug-likeness (QED) is 0.763. The molecule has 0 radical (unpaired) electrons. The number of rotatable bonds is 5. The summed E-state index contributed by atoms with van der Waals surface area (Å²) in [4.78, 5) is 0. The van der Waals surface area contributed by atoms with Gasteiger partial charge in [0, 0.05) is 18.6 Å². The van der Waals surface area contributed by atoms with Gasteiger partial charge >= 0.3 is 0 Å². The van der Waals surface area contributed by atoms with Crippen molar-refractivity contribution < 1.29 is 0 Å². The summed E-state index contributed by atoms with van der Waals surface area (Å²) >= 11 is 0. The molecular weight excluding hydrogens is 328 g/mol. The lowest BCUT2D eigenvalue weighted by Gasteiger charge is -2.67. The molecule has 0 amide bonds. The average molecular weight is 367 g/mol. The van der Waals surface area contributed by atoms with Crippen LogP contribution in [0, 0.1) is 16.7 Å². The smallest absolute Gasteiger partial charge is 0.00940 e. The second-order valence-electron chi connectivity index (χ2n) is 11.0. The zero-order valence-corrected chi connectivity index (χ0v) is 17.4. The third kappa shape index (κ3) is 3.17. The summed E-state index contributed by atoms with van der Waals surface area (Å²) < 4.78 is 0. The second-order valence-corrected chi connectivity index (χ2v) is 11.0. The molecule has 1 saturated heterocycles. The van der Waals surface area contributed by atoms with E-state index in [0.717, 1.165) is 12.0 Å². The van der Waals surface area contributed by atoms with Crippen LogP contribution in [-0.4, -0.2) is 25.2 Å². The van der Waals surface area contributed by atoms with Gasteiger partial charge in [-0.25, -0.2) is 0 Å². The van der Waals surface area contributed by atoms with Crippen LogP contribution in [-0.2, 0) is 5.41 Å². The molecule has 1 aliphatic heterocycles. The molecule has 27 heavy (non-hydrogen) atoms. The lowest BCUT2D eigenvalue weighted by atomic mass is 9.38. The highest BCUT2D eigenvalue weighted by molar-refractivity contribution is 5.32. The maximum atomic E-state index is 4.08. The molecule has 1 aromatic carbocycles. The van der Waals surface area contributed by atoms with E-state index in [1.165, 1.54) is 70.9 Å². The maximum Gasteiger partial charge on any atom is 0.00940 e. The molecule has 2 N–H and O–H groups in total. The van der Waals surface area contributed by atoms with Crippen LogP contribution in [0.5, 0.6) is 0 Å². The fourth-order valence-electron chi connectivity index (χ4n) is 8.23. The Bertz CT molecular complexity index is 672. The Morgan fingerprint density at radius 2 is 1.81 bits per heavy atom. The van der Waals surface area contributed by atoms with Gasteiger partial charge in [0.2, 0.25) is 0 Å². The molecule has 4 bridgehead atoms. The summed E-state index contributed by atoms with van der Waals surface area (Å²) in [5.41, 5.74) is 3.25. The van der Waals surface area contributed by atoms with Crippen LogP contribution in [0.15, 0.2) is 30.3 Å². The van der Waals surface area contributed by atoms with Gasteiger partial charge in [0.05, 0.1) is 0 Å². The molecule has 2 nitrogen and oxygen atoms in total. The molecule has 1 heterocycles. The maximum absolute atomic E-state index is 4.08. The number of hydrogen-bond acceptors (Lipinski definition) is 2. The summed E-state index contributed by atoms with van der Waals surface area (Å²) in [5, 5.41) is 7.69. The van der Waals surface area contributed by atoms with Crippen molar-refractivity contribution in [2.45, 2.75) is 89.1 Å². The summed E-state index contributed by atoms with van der Waals surface area (Å²) in [7, 11) is 0. The Morgan fingerprint density at radius 1 is 1.04 bits per heavy atom. The largest absolute Gasteiger partial charge is 0.314 e. The Kier molecular flexibility index (Phi) is 4.44. The molecule has 148 valence electrons. The van der Waals surface area contributed by atoms with Gasteiger partial charge in [0.25, 0.3) is 0 Å². The zero-order valence-electron chi connectivity index (χ0n) is 17.4. The van der Waals surface area contributed by atoms with E-state index in [-0.39, 0.29) is 0 Å². The van der Waals surface area contributed by atoms with Crippen LogP contribution in [0.1, 0.15) is 77.2 Å². The van der Waals surface area contributed by atoms with E-state index >= 15 is 0 Å².